The van der Waals surface area contributed by atoms with Crippen molar-refractivity contribution in [1.29, 1.82) is 0 Å². The number of carbonyl (C=O) groups is 1. The summed E-state index contributed by atoms with van der Waals surface area (Å²) in [5, 5.41) is 9.33. The molecule has 0 unspecified atom stereocenters. The highest BCUT2D eigenvalue weighted by Crippen LogP contribution is 2.25. The lowest BCUT2D eigenvalue weighted by atomic mass is 9.92. The molecule has 0 amide bonds. The van der Waals surface area contributed by atoms with E-state index in [1.54, 1.807) is 6.07 Å². The zero-order chi connectivity index (χ0) is 13.2. The minimum atomic E-state index is -0.874. The molecule has 94 valence electrons. The summed E-state index contributed by atoms with van der Waals surface area (Å²) in [5.74, 6) is -0.874. The minimum Gasteiger partial charge on any atom is -0.478 e. The fraction of sp³-hybridized carbons (Fsp3) is 0.125. The molecule has 1 heterocycles. The summed E-state index contributed by atoms with van der Waals surface area (Å²) in [6.45, 7) is 0.582. The largest absolute Gasteiger partial charge is 0.478 e. The van der Waals surface area contributed by atoms with Gasteiger partial charge in [-0.3, -0.25) is 4.99 Å². The van der Waals surface area contributed by atoms with Gasteiger partial charge in [-0.15, -0.1) is 0 Å². The van der Waals surface area contributed by atoms with Crippen LogP contribution in [0.25, 0.3) is 0 Å². The van der Waals surface area contributed by atoms with E-state index in [0.717, 1.165) is 22.3 Å². The Balaban J connectivity index is 2.09. The van der Waals surface area contributed by atoms with E-state index in [-0.39, 0.29) is 0 Å². The van der Waals surface area contributed by atoms with Crippen molar-refractivity contribution in [3.8, 4) is 0 Å². The lowest BCUT2D eigenvalue weighted by molar-refractivity contribution is 0.0695. The number of aliphatic imine (C=N–C) groups is 1. The van der Waals surface area contributed by atoms with E-state index >= 15 is 0 Å². The van der Waals surface area contributed by atoms with Crippen molar-refractivity contribution in [2.75, 3.05) is 0 Å². The predicted octanol–water partition coefficient (Wildman–Crippen LogP) is 2.91. The predicted molar refractivity (Wildman–Crippen MR) is 73.9 cm³/mol. The minimum absolute atomic E-state index is 0.383. The molecule has 1 N–H and O–H groups in total. The zero-order valence-electron chi connectivity index (χ0n) is 10.3. The van der Waals surface area contributed by atoms with Gasteiger partial charge >= 0.3 is 5.97 Å². The lowest BCUT2D eigenvalue weighted by Crippen LogP contribution is -2.07. The van der Waals surface area contributed by atoms with Crippen molar-refractivity contribution in [3.05, 3.63) is 70.3 Å². The van der Waals surface area contributed by atoms with E-state index in [4.69, 9.17) is 0 Å². The van der Waals surface area contributed by atoms with Crippen LogP contribution in [0.1, 0.15) is 32.6 Å². The molecule has 0 saturated heterocycles. The molecule has 0 fully saturated rings. The van der Waals surface area contributed by atoms with Crippen molar-refractivity contribution >= 4 is 12.2 Å². The van der Waals surface area contributed by atoms with Gasteiger partial charge in [0.05, 0.1) is 12.1 Å². The molecule has 0 aromatic heterocycles. The summed E-state index contributed by atoms with van der Waals surface area (Å²) in [6.07, 6.45) is 2.45. The van der Waals surface area contributed by atoms with E-state index in [9.17, 15) is 9.90 Å². The first-order valence-electron chi connectivity index (χ1n) is 6.17. The van der Waals surface area contributed by atoms with Gasteiger partial charge in [-0.1, -0.05) is 36.4 Å². The standard InChI is InChI=1S/C16H13NO2/c18-16(19)13-7-6-12-9-17-10-15(12)14(13)8-11-4-2-1-3-5-11/h1-7,9H,8,10H2,(H,18,19). The number of fused-ring (bicyclic) bond motifs is 1. The van der Waals surface area contributed by atoms with Crippen LogP contribution in [-0.2, 0) is 13.0 Å². The zero-order valence-corrected chi connectivity index (χ0v) is 10.3. The second-order valence-electron chi connectivity index (χ2n) is 4.60. The van der Waals surface area contributed by atoms with Crippen LogP contribution in [0, 0.1) is 0 Å². The van der Waals surface area contributed by atoms with Gasteiger partial charge in [0.15, 0.2) is 0 Å². The molecule has 0 atom stereocenters. The van der Waals surface area contributed by atoms with Crippen LogP contribution >= 0.6 is 0 Å². The van der Waals surface area contributed by atoms with Crippen LogP contribution < -0.4 is 0 Å². The Morgan fingerprint density at radius 2 is 1.95 bits per heavy atom. The first-order valence-corrected chi connectivity index (χ1v) is 6.17. The Hall–Kier alpha value is -2.42. The number of benzene rings is 2. The topological polar surface area (TPSA) is 49.7 Å². The molecule has 3 heteroatoms. The highest BCUT2D eigenvalue weighted by Gasteiger charge is 2.19. The van der Waals surface area contributed by atoms with Gasteiger partial charge < -0.3 is 5.11 Å². The third-order valence-corrected chi connectivity index (χ3v) is 3.40. The van der Waals surface area contributed by atoms with E-state index in [2.05, 4.69) is 4.99 Å². The molecule has 0 spiro atoms. The number of carboxylic acid groups (broad SMARTS) is 1. The van der Waals surface area contributed by atoms with E-state index in [1.807, 2.05) is 42.6 Å². The van der Waals surface area contributed by atoms with Crippen LogP contribution in [0.5, 0.6) is 0 Å². The summed E-state index contributed by atoms with van der Waals surface area (Å²) in [4.78, 5) is 15.6. The highest BCUT2D eigenvalue weighted by atomic mass is 16.4. The second-order valence-corrected chi connectivity index (χ2v) is 4.60. The molecule has 1 aliphatic rings. The number of hydrogen-bond donors (Lipinski definition) is 1. The average Bonchev–Trinajstić information content (AvgIpc) is 2.88. The van der Waals surface area contributed by atoms with Gasteiger partial charge in [-0.2, -0.15) is 0 Å². The lowest BCUT2D eigenvalue weighted by Gasteiger charge is -2.11. The summed E-state index contributed by atoms with van der Waals surface area (Å²) < 4.78 is 0. The summed E-state index contributed by atoms with van der Waals surface area (Å²) in [6, 6.07) is 13.4. The Morgan fingerprint density at radius 3 is 2.68 bits per heavy atom. The molecule has 19 heavy (non-hydrogen) atoms. The monoisotopic (exact) mass is 251 g/mol. The number of aromatic carboxylic acids is 1. The molecule has 3 rings (SSSR count). The number of carboxylic acids is 1. The molecule has 2 aromatic carbocycles. The van der Waals surface area contributed by atoms with Crippen LogP contribution in [-0.4, -0.2) is 17.3 Å². The van der Waals surface area contributed by atoms with Crippen molar-refractivity contribution < 1.29 is 9.90 Å². The van der Waals surface area contributed by atoms with Gasteiger partial charge in [0, 0.05) is 6.21 Å². The molecule has 1 aliphatic heterocycles. The number of hydrogen-bond acceptors (Lipinski definition) is 2. The fourth-order valence-corrected chi connectivity index (χ4v) is 2.46. The van der Waals surface area contributed by atoms with Crippen LogP contribution in [0.2, 0.25) is 0 Å². The molecular formula is C16H13NO2. The molecular weight excluding hydrogens is 238 g/mol. The Bertz CT molecular complexity index is 660. The summed E-state index contributed by atoms with van der Waals surface area (Å²) >= 11 is 0. The fourth-order valence-electron chi connectivity index (χ4n) is 2.46. The molecule has 0 radical (unpaired) electrons. The van der Waals surface area contributed by atoms with Gasteiger partial charge in [-0.25, -0.2) is 4.79 Å². The number of nitrogens with zero attached hydrogens (tertiary/aromatic N) is 1. The number of rotatable bonds is 3. The van der Waals surface area contributed by atoms with E-state index in [0.29, 0.717) is 18.5 Å². The summed E-state index contributed by atoms with van der Waals surface area (Å²) in [5.41, 5.74) is 4.46. The maximum absolute atomic E-state index is 11.4. The second kappa shape index (κ2) is 4.69. The van der Waals surface area contributed by atoms with Crippen LogP contribution in [0.3, 0.4) is 0 Å². The van der Waals surface area contributed by atoms with Crippen LogP contribution in [0.4, 0.5) is 0 Å². The van der Waals surface area contributed by atoms with Crippen LogP contribution in [0.15, 0.2) is 47.5 Å². The van der Waals surface area contributed by atoms with Gasteiger partial charge in [-0.05, 0) is 34.7 Å². The van der Waals surface area contributed by atoms with E-state index in [1.165, 1.54) is 0 Å². The average molecular weight is 251 g/mol. The molecule has 2 aromatic rings. The SMILES string of the molecule is O=C(O)c1ccc2c(c1Cc1ccccc1)CN=C2. The molecule has 0 bridgehead atoms. The Kier molecular flexibility index (Phi) is 2.88. The summed E-state index contributed by atoms with van der Waals surface area (Å²) in [7, 11) is 0. The third kappa shape index (κ3) is 2.15. The maximum Gasteiger partial charge on any atom is 0.335 e. The molecule has 0 aliphatic carbocycles. The van der Waals surface area contributed by atoms with Gasteiger partial charge in [0.2, 0.25) is 0 Å². The Morgan fingerprint density at radius 1 is 1.16 bits per heavy atom. The normalized spacial score (nSPS) is 12.4. The first-order chi connectivity index (χ1) is 9.25. The van der Waals surface area contributed by atoms with Crippen molar-refractivity contribution in [2.24, 2.45) is 4.99 Å². The highest BCUT2D eigenvalue weighted by molar-refractivity contribution is 5.93. The van der Waals surface area contributed by atoms with Crippen molar-refractivity contribution in [2.45, 2.75) is 13.0 Å². The Labute approximate surface area is 111 Å². The first kappa shape index (κ1) is 11.7. The molecule has 3 nitrogen and oxygen atoms in total. The van der Waals surface area contributed by atoms with Crippen molar-refractivity contribution in [3.63, 3.8) is 0 Å². The smallest absolute Gasteiger partial charge is 0.335 e. The van der Waals surface area contributed by atoms with Crippen molar-refractivity contribution in [1.82, 2.24) is 0 Å². The quantitative estimate of drug-likeness (QED) is 0.911. The van der Waals surface area contributed by atoms with Gasteiger partial charge in [0.1, 0.15) is 0 Å². The molecule has 0 saturated carbocycles. The van der Waals surface area contributed by atoms with Gasteiger partial charge in [0.25, 0.3) is 0 Å². The van der Waals surface area contributed by atoms with E-state index < -0.39 is 5.97 Å². The third-order valence-electron chi connectivity index (χ3n) is 3.40. The maximum atomic E-state index is 11.4.